The minimum atomic E-state index is -1.90. The molecule has 4 rings (SSSR count). The van der Waals surface area contributed by atoms with Crippen LogP contribution in [0.5, 0.6) is 0 Å². The fourth-order valence-electron chi connectivity index (χ4n) is 3.97. The molecule has 0 saturated carbocycles. The average Bonchev–Trinajstić information content (AvgIpc) is 3.20. The van der Waals surface area contributed by atoms with Gasteiger partial charge in [0, 0.05) is 5.56 Å². The van der Waals surface area contributed by atoms with Crippen molar-refractivity contribution in [2.24, 2.45) is 0 Å². The Morgan fingerprint density at radius 1 is 0.879 bits per heavy atom. The molecule has 3 aromatic carbocycles. The second-order valence-electron chi connectivity index (χ2n) is 9.14. The van der Waals surface area contributed by atoms with Crippen LogP contribution in [0, 0.1) is 0 Å². The number of hydrogen-bond donors (Lipinski definition) is 0. The molecule has 0 aliphatic carbocycles. The summed E-state index contributed by atoms with van der Waals surface area (Å²) < 4.78 is 9.53. The van der Waals surface area contributed by atoms with Gasteiger partial charge in [0.25, 0.3) is 0 Å². The predicted molar refractivity (Wildman–Crippen MR) is 142 cm³/mol. The molecule has 0 N–H and O–H groups in total. The highest BCUT2D eigenvalue weighted by atomic mass is 79.9. The summed E-state index contributed by atoms with van der Waals surface area (Å²) in [5.74, 6) is 0. The molecule has 0 unspecified atom stereocenters. The van der Waals surface area contributed by atoms with E-state index < -0.39 is 9.04 Å². The molecule has 33 heavy (non-hydrogen) atoms. The van der Waals surface area contributed by atoms with E-state index >= 15 is 0 Å². The highest BCUT2D eigenvalue weighted by molar-refractivity contribution is 9.10. The number of carbonyl (C=O) groups excluding carboxylic acids is 1. The number of aldehydes is 1. The van der Waals surface area contributed by atoms with Crippen molar-refractivity contribution >= 4 is 41.6 Å². The van der Waals surface area contributed by atoms with Crippen molar-refractivity contribution in [3.8, 4) is 5.69 Å². The maximum absolute atomic E-state index is 11.7. The van der Waals surface area contributed by atoms with E-state index in [4.69, 9.17) is 4.43 Å². The Morgan fingerprint density at radius 3 is 2.03 bits per heavy atom. The largest absolute Gasteiger partial charge is 0.407 e. The van der Waals surface area contributed by atoms with Gasteiger partial charge in [-0.1, -0.05) is 93.6 Å². The number of aromatic nitrogens is 1. The molecule has 0 spiro atoms. The molecular formula is C28H28BrNO2Si. The molecule has 1 heterocycles. The van der Waals surface area contributed by atoms with Crippen LogP contribution in [0.4, 0.5) is 0 Å². The molecule has 0 aliphatic rings. The zero-order chi connectivity index (χ0) is 23.4. The van der Waals surface area contributed by atoms with Gasteiger partial charge >= 0.3 is 0 Å². The Labute approximate surface area is 205 Å². The maximum Gasteiger partial charge on any atom is 0.240 e. The number of benzene rings is 3. The van der Waals surface area contributed by atoms with Crippen molar-refractivity contribution in [1.29, 1.82) is 0 Å². The summed E-state index contributed by atoms with van der Waals surface area (Å²) in [6.45, 7) is 7.09. The monoisotopic (exact) mass is 517 g/mol. The van der Waals surface area contributed by atoms with Gasteiger partial charge in [-0.25, -0.2) is 0 Å². The lowest BCUT2D eigenvalue weighted by Gasteiger charge is -2.24. The van der Waals surface area contributed by atoms with E-state index in [1.807, 2.05) is 28.8 Å². The Balaban J connectivity index is 1.76. The molecule has 0 saturated heterocycles. The van der Waals surface area contributed by atoms with E-state index in [1.54, 1.807) is 0 Å². The molecule has 4 aromatic rings. The number of rotatable bonds is 7. The SMILES string of the molecule is CC(C)(C)c1ccc(-n2c(Br)ccc2C=O)c(CO[SiH](c2ccccc2)c2ccccc2)c1. The van der Waals surface area contributed by atoms with Crippen molar-refractivity contribution in [3.05, 3.63) is 112 Å². The van der Waals surface area contributed by atoms with Crippen molar-refractivity contribution in [2.75, 3.05) is 0 Å². The fourth-order valence-corrected chi connectivity index (χ4v) is 6.76. The van der Waals surface area contributed by atoms with E-state index in [2.05, 4.69) is 103 Å². The number of nitrogens with zero attached hydrogens (tertiary/aromatic N) is 1. The van der Waals surface area contributed by atoms with Crippen LogP contribution in [-0.2, 0) is 16.4 Å². The summed E-state index contributed by atoms with van der Waals surface area (Å²) in [7, 11) is -1.90. The van der Waals surface area contributed by atoms with Crippen LogP contribution in [0.25, 0.3) is 5.69 Å². The molecule has 0 atom stereocenters. The van der Waals surface area contributed by atoms with Crippen molar-refractivity contribution in [2.45, 2.75) is 32.8 Å². The highest BCUT2D eigenvalue weighted by Crippen LogP contribution is 2.30. The van der Waals surface area contributed by atoms with Crippen LogP contribution >= 0.6 is 15.9 Å². The third-order valence-corrected chi connectivity index (χ3v) is 8.88. The molecule has 1 aromatic heterocycles. The topological polar surface area (TPSA) is 31.2 Å². The Bertz CT molecular complexity index is 1190. The minimum Gasteiger partial charge on any atom is -0.407 e. The van der Waals surface area contributed by atoms with Crippen molar-refractivity contribution < 1.29 is 9.22 Å². The van der Waals surface area contributed by atoms with Gasteiger partial charge in [0.15, 0.2) is 6.29 Å². The third kappa shape index (κ3) is 5.27. The first kappa shape index (κ1) is 23.4. The van der Waals surface area contributed by atoms with E-state index in [-0.39, 0.29) is 5.41 Å². The first-order chi connectivity index (χ1) is 15.9. The van der Waals surface area contributed by atoms with Crippen molar-refractivity contribution in [1.82, 2.24) is 4.57 Å². The zero-order valence-electron chi connectivity index (χ0n) is 19.2. The van der Waals surface area contributed by atoms with Gasteiger partial charge in [0.2, 0.25) is 9.04 Å². The maximum atomic E-state index is 11.7. The van der Waals surface area contributed by atoms with E-state index in [0.29, 0.717) is 12.3 Å². The standard InChI is InChI=1S/C28H28BrNO2Si/c1-28(2,3)22-14-16-26(30-23(19-31)15-17-27(30)29)21(18-22)20-32-33(24-10-6-4-7-11-24)25-12-8-5-9-13-25/h4-19,33H,20H2,1-3H3. The fraction of sp³-hybridized carbons (Fsp3) is 0.179. The molecule has 0 fully saturated rings. The smallest absolute Gasteiger partial charge is 0.240 e. The van der Waals surface area contributed by atoms with Crippen LogP contribution in [0.1, 0.15) is 42.4 Å². The number of carbonyl (C=O) groups is 1. The van der Waals surface area contributed by atoms with Crippen LogP contribution < -0.4 is 10.4 Å². The molecule has 5 heteroatoms. The zero-order valence-corrected chi connectivity index (χ0v) is 21.9. The molecule has 0 bridgehead atoms. The lowest BCUT2D eigenvalue weighted by molar-refractivity contribution is 0.111. The van der Waals surface area contributed by atoms with Crippen LogP contribution in [0.3, 0.4) is 0 Å². The van der Waals surface area contributed by atoms with Crippen LogP contribution in [-0.4, -0.2) is 19.9 Å². The van der Waals surface area contributed by atoms with Gasteiger partial charge in [0.05, 0.1) is 22.6 Å². The average molecular weight is 519 g/mol. The second kappa shape index (κ2) is 10.0. The van der Waals surface area contributed by atoms with Gasteiger partial charge in [0.1, 0.15) is 0 Å². The molecule has 0 aliphatic heterocycles. The lowest BCUT2D eigenvalue weighted by atomic mass is 9.86. The van der Waals surface area contributed by atoms with Gasteiger partial charge in [-0.3, -0.25) is 4.79 Å². The Kier molecular flexibility index (Phi) is 7.13. The number of halogens is 1. The van der Waals surface area contributed by atoms with E-state index in [0.717, 1.165) is 22.1 Å². The van der Waals surface area contributed by atoms with E-state index in [9.17, 15) is 4.79 Å². The summed E-state index contributed by atoms with van der Waals surface area (Å²) in [5.41, 5.74) is 3.86. The highest BCUT2D eigenvalue weighted by Gasteiger charge is 2.21. The Hall–Kier alpha value is -2.73. The summed E-state index contributed by atoms with van der Waals surface area (Å²) in [6.07, 6.45) is 0.887. The first-order valence-corrected chi connectivity index (χ1v) is 13.5. The quantitative estimate of drug-likeness (QED) is 0.242. The molecule has 0 amide bonds. The van der Waals surface area contributed by atoms with Gasteiger partial charge in [-0.05, 0) is 55.5 Å². The van der Waals surface area contributed by atoms with Crippen LogP contribution in [0.2, 0.25) is 0 Å². The summed E-state index contributed by atoms with van der Waals surface area (Å²) in [5, 5.41) is 2.49. The number of hydrogen-bond acceptors (Lipinski definition) is 2. The van der Waals surface area contributed by atoms with Gasteiger partial charge < -0.3 is 8.99 Å². The first-order valence-electron chi connectivity index (χ1n) is 11.1. The molecular weight excluding hydrogens is 490 g/mol. The summed E-state index contributed by atoms with van der Waals surface area (Å²) in [4.78, 5) is 11.7. The molecule has 168 valence electrons. The molecule has 0 radical (unpaired) electrons. The van der Waals surface area contributed by atoms with Crippen LogP contribution in [0.15, 0.2) is 95.6 Å². The van der Waals surface area contributed by atoms with Gasteiger partial charge in [-0.15, -0.1) is 0 Å². The summed E-state index contributed by atoms with van der Waals surface area (Å²) >= 11 is 3.61. The van der Waals surface area contributed by atoms with Gasteiger partial charge in [-0.2, -0.15) is 0 Å². The van der Waals surface area contributed by atoms with Crippen molar-refractivity contribution in [3.63, 3.8) is 0 Å². The lowest BCUT2D eigenvalue weighted by Crippen LogP contribution is -2.44. The Morgan fingerprint density at radius 2 is 1.48 bits per heavy atom. The second-order valence-corrected chi connectivity index (χ2v) is 12.4. The normalized spacial score (nSPS) is 11.7. The predicted octanol–water partition coefficient (Wildman–Crippen LogP) is 5.40. The minimum absolute atomic E-state index is 0.00434. The molecule has 3 nitrogen and oxygen atoms in total. The van der Waals surface area contributed by atoms with E-state index in [1.165, 1.54) is 15.9 Å². The summed E-state index contributed by atoms with van der Waals surface area (Å²) in [6, 6.07) is 31.2. The third-order valence-electron chi connectivity index (χ3n) is 5.78.